The van der Waals surface area contributed by atoms with Crippen LogP contribution in [0.5, 0.6) is 0 Å². The monoisotopic (exact) mass is 486 g/mol. The Labute approximate surface area is 206 Å². The molecule has 0 N–H and O–H groups in total. The average Bonchev–Trinajstić information content (AvgIpc) is 2.93. The van der Waals surface area contributed by atoms with E-state index in [0.717, 1.165) is 0 Å². The van der Waals surface area contributed by atoms with Gasteiger partial charge in [0.25, 0.3) is 0 Å². The smallest absolute Gasteiger partial charge is 0.192 e. The first kappa shape index (κ1) is 22.9. The third-order valence-corrected chi connectivity index (χ3v) is 7.41. The molecular formula is C28H22O8. The first-order chi connectivity index (χ1) is 17.5. The van der Waals surface area contributed by atoms with Crippen LogP contribution in [0, 0.1) is 11.8 Å². The van der Waals surface area contributed by atoms with E-state index in [0.29, 0.717) is 11.1 Å². The van der Waals surface area contributed by atoms with Crippen LogP contribution < -0.4 is 0 Å². The van der Waals surface area contributed by atoms with Gasteiger partial charge < -0.3 is 18.9 Å². The minimum atomic E-state index is -0.982. The van der Waals surface area contributed by atoms with Gasteiger partial charge in [0.2, 0.25) is 0 Å². The number of carbonyl (C=O) groups excluding carboxylic acids is 4. The second-order valence-corrected chi connectivity index (χ2v) is 9.07. The second kappa shape index (κ2) is 8.53. The third kappa shape index (κ3) is 3.09. The molecule has 2 aliphatic carbocycles. The van der Waals surface area contributed by atoms with E-state index in [2.05, 4.69) is 0 Å². The van der Waals surface area contributed by atoms with E-state index in [9.17, 15) is 19.2 Å². The number of ketones is 4. The minimum absolute atomic E-state index is 0.115. The van der Waals surface area contributed by atoms with E-state index in [-0.39, 0.29) is 69.8 Å². The van der Waals surface area contributed by atoms with E-state index in [1.165, 1.54) is 14.2 Å². The molecule has 6 rings (SSSR count). The van der Waals surface area contributed by atoms with Crippen LogP contribution in [-0.2, 0) is 18.9 Å². The molecule has 0 bridgehead atoms. The standard InChI is InChI=1S/C28H22O8/c1-33-27-21(19-17(11-35-27)23(29)13-7-3-5-9-15(13)25(19)31)22-20-18(12-36-28(22)34-2)24(30)14-8-4-6-10-16(14)26(20)32/h3-10,21-22,27-28H,11-12H2,1-2H3/t21-,22?,27+,28+/m1/s1. The molecule has 2 aromatic rings. The Morgan fingerprint density at radius 3 is 1.25 bits per heavy atom. The third-order valence-electron chi connectivity index (χ3n) is 7.41. The van der Waals surface area contributed by atoms with Gasteiger partial charge in [0.05, 0.1) is 25.0 Å². The molecule has 0 aromatic heterocycles. The van der Waals surface area contributed by atoms with Gasteiger partial charge in [-0.05, 0) is 0 Å². The fourth-order valence-corrected chi connectivity index (χ4v) is 5.82. The Hall–Kier alpha value is -3.56. The highest BCUT2D eigenvalue weighted by atomic mass is 16.7. The first-order valence-corrected chi connectivity index (χ1v) is 11.6. The number of Topliss-reactive ketones (excluding diaryl/α,β-unsaturated/α-hetero) is 4. The van der Waals surface area contributed by atoms with Crippen LogP contribution >= 0.6 is 0 Å². The molecule has 182 valence electrons. The number of benzene rings is 2. The van der Waals surface area contributed by atoms with E-state index >= 15 is 0 Å². The number of ether oxygens (including phenoxy) is 4. The van der Waals surface area contributed by atoms with Crippen molar-refractivity contribution in [2.24, 2.45) is 11.8 Å². The number of fused-ring (bicyclic) bond motifs is 2. The van der Waals surface area contributed by atoms with Crippen LogP contribution in [0.15, 0.2) is 70.8 Å². The van der Waals surface area contributed by atoms with Crippen molar-refractivity contribution in [3.05, 3.63) is 93.1 Å². The lowest BCUT2D eigenvalue weighted by molar-refractivity contribution is -0.204. The fourth-order valence-electron chi connectivity index (χ4n) is 5.82. The summed E-state index contributed by atoms with van der Waals surface area (Å²) in [5.74, 6) is -3.16. The number of methoxy groups -OCH3 is 2. The van der Waals surface area contributed by atoms with E-state index in [1.54, 1.807) is 48.5 Å². The summed E-state index contributed by atoms with van der Waals surface area (Å²) in [6, 6.07) is 13.2. The van der Waals surface area contributed by atoms with Crippen molar-refractivity contribution in [1.29, 1.82) is 0 Å². The summed E-state index contributed by atoms with van der Waals surface area (Å²) in [5, 5.41) is 0. The average molecular weight is 486 g/mol. The highest BCUT2D eigenvalue weighted by Gasteiger charge is 2.53. The van der Waals surface area contributed by atoms with Crippen molar-refractivity contribution in [3.8, 4) is 0 Å². The Morgan fingerprint density at radius 1 is 0.583 bits per heavy atom. The molecule has 8 heteroatoms. The predicted molar refractivity (Wildman–Crippen MR) is 125 cm³/mol. The SMILES string of the molecule is CO[C@H]1OCC2=C(C(=O)c3ccccc3C2=O)C1[C@H]1C2=C(CO[C@@H]1OC)C(=O)c1ccccc1C2=O. The number of hydrogen-bond acceptors (Lipinski definition) is 8. The molecule has 36 heavy (non-hydrogen) atoms. The maximum Gasteiger partial charge on any atom is 0.192 e. The van der Waals surface area contributed by atoms with Gasteiger partial charge >= 0.3 is 0 Å². The number of carbonyl (C=O) groups is 4. The van der Waals surface area contributed by atoms with Crippen molar-refractivity contribution < 1.29 is 38.1 Å². The lowest BCUT2D eigenvalue weighted by atomic mass is 9.67. The van der Waals surface area contributed by atoms with Crippen molar-refractivity contribution >= 4 is 23.1 Å². The summed E-state index contributed by atoms with van der Waals surface area (Å²) in [6.07, 6.45) is -1.96. The van der Waals surface area contributed by atoms with Gasteiger partial charge in [-0.3, -0.25) is 19.2 Å². The van der Waals surface area contributed by atoms with Gasteiger partial charge in [-0.2, -0.15) is 0 Å². The zero-order valence-electron chi connectivity index (χ0n) is 19.6. The van der Waals surface area contributed by atoms with Crippen molar-refractivity contribution in [1.82, 2.24) is 0 Å². The lowest BCUT2D eigenvalue weighted by Crippen LogP contribution is -2.51. The molecule has 4 aliphatic rings. The summed E-state index contributed by atoms with van der Waals surface area (Å²) in [4.78, 5) is 54.5. The van der Waals surface area contributed by atoms with Crippen LogP contribution in [0.1, 0.15) is 41.4 Å². The summed E-state index contributed by atoms with van der Waals surface area (Å²) >= 11 is 0. The molecular weight excluding hydrogens is 464 g/mol. The van der Waals surface area contributed by atoms with Gasteiger partial charge in [-0.1, -0.05) is 48.5 Å². The summed E-state index contributed by atoms with van der Waals surface area (Å²) in [5.41, 5.74) is 2.02. The normalized spacial score (nSPS) is 27.5. The van der Waals surface area contributed by atoms with E-state index in [4.69, 9.17) is 18.9 Å². The lowest BCUT2D eigenvalue weighted by Gasteiger charge is -2.45. The molecule has 0 spiro atoms. The van der Waals surface area contributed by atoms with Gasteiger partial charge in [0.15, 0.2) is 35.7 Å². The van der Waals surface area contributed by atoms with Crippen molar-refractivity contribution in [3.63, 3.8) is 0 Å². The van der Waals surface area contributed by atoms with Crippen LogP contribution in [-0.4, -0.2) is 63.1 Å². The van der Waals surface area contributed by atoms with Crippen LogP contribution in [0.4, 0.5) is 0 Å². The first-order valence-electron chi connectivity index (χ1n) is 11.6. The molecule has 0 amide bonds. The van der Waals surface area contributed by atoms with Crippen LogP contribution in [0.2, 0.25) is 0 Å². The van der Waals surface area contributed by atoms with Crippen LogP contribution in [0.25, 0.3) is 0 Å². The fraction of sp³-hybridized carbons (Fsp3) is 0.286. The Morgan fingerprint density at radius 2 is 0.917 bits per heavy atom. The number of hydrogen-bond donors (Lipinski definition) is 0. The molecule has 0 saturated heterocycles. The highest BCUT2D eigenvalue weighted by Crippen LogP contribution is 2.48. The second-order valence-electron chi connectivity index (χ2n) is 9.07. The Balaban J connectivity index is 1.57. The Bertz CT molecular complexity index is 1310. The van der Waals surface area contributed by atoms with Crippen molar-refractivity contribution in [2.75, 3.05) is 27.4 Å². The van der Waals surface area contributed by atoms with E-state index in [1.807, 2.05) is 0 Å². The van der Waals surface area contributed by atoms with Crippen molar-refractivity contribution in [2.45, 2.75) is 12.6 Å². The zero-order chi connectivity index (χ0) is 25.1. The molecule has 2 aromatic carbocycles. The summed E-state index contributed by atoms with van der Waals surface area (Å²) in [7, 11) is 2.85. The predicted octanol–water partition coefficient (Wildman–Crippen LogP) is 2.98. The molecule has 1 unspecified atom stereocenters. The van der Waals surface area contributed by atoms with Gasteiger partial charge in [-0.15, -0.1) is 0 Å². The summed E-state index contributed by atoms with van der Waals surface area (Å²) in [6.45, 7) is -0.230. The maximum atomic E-state index is 13.8. The molecule has 8 nitrogen and oxygen atoms in total. The summed E-state index contributed by atoms with van der Waals surface area (Å²) < 4.78 is 23.1. The molecule has 0 saturated carbocycles. The Kier molecular flexibility index (Phi) is 5.42. The largest absolute Gasteiger partial charge is 0.355 e. The van der Waals surface area contributed by atoms with Gasteiger partial charge in [-0.25, -0.2) is 0 Å². The van der Waals surface area contributed by atoms with Gasteiger partial charge in [0, 0.05) is 58.8 Å². The zero-order valence-corrected chi connectivity index (χ0v) is 19.6. The molecule has 2 heterocycles. The maximum absolute atomic E-state index is 13.8. The number of rotatable bonds is 3. The quantitative estimate of drug-likeness (QED) is 0.652. The molecule has 0 fully saturated rings. The molecule has 2 aliphatic heterocycles. The van der Waals surface area contributed by atoms with Crippen LogP contribution in [0.3, 0.4) is 0 Å². The highest BCUT2D eigenvalue weighted by molar-refractivity contribution is 6.29. The molecule has 4 atom stereocenters. The minimum Gasteiger partial charge on any atom is -0.355 e. The topological polar surface area (TPSA) is 105 Å². The van der Waals surface area contributed by atoms with E-state index < -0.39 is 24.4 Å². The van der Waals surface area contributed by atoms with Gasteiger partial charge in [0.1, 0.15) is 0 Å². The molecule has 0 radical (unpaired) electrons.